The van der Waals surface area contributed by atoms with Crippen molar-refractivity contribution in [3.05, 3.63) is 277 Å². The summed E-state index contributed by atoms with van der Waals surface area (Å²) in [5.74, 6) is 0. The number of fused-ring (bicyclic) bond motifs is 12. The Balaban J connectivity index is 1.12. The molecule has 65 heavy (non-hydrogen) atoms. The van der Waals surface area contributed by atoms with Crippen molar-refractivity contribution in [3.8, 4) is 33.4 Å². The van der Waals surface area contributed by atoms with E-state index in [9.17, 15) is 0 Å². The van der Waals surface area contributed by atoms with Gasteiger partial charge in [0.15, 0.2) is 0 Å². The lowest BCUT2D eigenvalue weighted by atomic mass is 9.64. The van der Waals surface area contributed by atoms with Crippen LogP contribution in [0, 0.1) is 0 Å². The molecule has 1 heterocycles. The zero-order valence-electron chi connectivity index (χ0n) is 35.6. The predicted molar refractivity (Wildman–Crippen MR) is 273 cm³/mol. The van der Waals surface area contributed by atoms with Crippen molar-refractivity contribution >= 4 is 55.7 Å². The minimum Gasteiger partial charge on any atom is -0.310 e. The molecule has 304 valence electrons. The standard InChI is InChI=1S/C63H42N2/c1-3-20-43(21-4-1)49-26-9-10-27-51(49)52-28-12-16-34-58(52)65(47-40-41-50-45(42-47)39-38-44-22-7-8-25-48(44)50)61-37-19-33-57-62(61)53-29-11-13-30-54(53)63(57)55-31-14-17-35-59(55)64(46-23-5-2-6-24-46)60-36-18-15-32-56(60)63/h1-42H. The second kappa shape index (κ2) is 14.8. The first-order valence-electron chi connectivity index (χ1n) is 22.5. The summed E-state index contributed by atoms with van der Waals surface area (Å²) in [6.07, 6.45) is 0. The van der Waals surface area contributed by atoms with Crippen molar-refractivity contribution in [3.63, 3.8) is 0 Å². The molecular formula is C63H42N2. The molecule has 1 aliphatic carbocycles. The topological polar surface area (TPSA) is 6.48 Å². The van der Waals surface area contributed by atoms with Crippen LogP contribution in [0.25, 0.3) is 54.9 Å². The molecule has 11 aromatic carbocycles. The van der Waals surface area contributed by atoms with Crippen LogP contribution < -0.4 is 9.80 Å². The van der Waals surface area contributed by atoms with Gasteiger partial charge in [0.05, 0.1) is 28.2 Å². The van der Waals surface area contributed by atoms with Gasteiger partial charge < -0.3 is 9.80 Å². The Labute approximate surface area is 379 Å². The van der Waals surface area contributed by atoms with Crippen molar-refractivity contribution < 1.29 is 0 Å². The van der Waals surface area contributed by atoms with Crippen LogP contribution in [0.2, 0.25) is 0 Å². The first-order valence-corrected chi connectivity index (χ1v) is 22.5. The van der Waals surface area contributed by atoms with Gasteiger partial charge in [-0.1, -0.05) is 206 Å². The number of rotatable bonds is 6. The fourth-order valence-corrected chi connectivity index (χ4v) is 11.2. The Hall–Kier alpha value is -8.46. The zero-order chi connectivity index (χ0) is 42.9. The second-order valence-electron chi connectivity index (χ2n) is 17.2. The molecule has 0 unspecified atom stereocenters. The Morgan fingerprint density at radius 1 is 0.323 bits per heavy atom. The normalized spacial score (nSPS) is 13.0. The van der Waals surface area contributed by atoms with Gasteiger partial charge >= 0.3 is 0 Å². The molecular weight excluding hydrogens is 785 g/mol. The lowest BCUT2D eigenvalue weighted by Crippen LogP contribution is -2.36. The van der Waals surface area contributed by atoms with Crippen LogP contribution >= 0.6 is 0 Å². The molecule has 0 radical (unpaired) electrons. The van der Waals surface area contributed by atoms with Crippen molar-refractivity contribution in [1.29, 1.82) is 0 Å². The van der Waals surface area contributed by atoms with Crippen molar-refractivity contribution in [1.82, 2.24) is 0 Å². The van der Waals surface area contributed by atoms with Gasteiger partial charge in [0.25, 0.3) is 0 Å². The molecule has 0 N–H and O–H groups in total. The van der Waals surface area contributed by atoms with E-state index >= 15 is 0 Å². The Bertz CT molecular complexity index is 3580. The predicted octanol–water partition coefficient (Wildman–Crippen LogP) is 16.9. The molecule has 0 amide bonds. The average Bonchev–Trinajstić information content (AvgIpc) is 3.68. The lowest BCUT2D eigenvalue weighted by Gasteiger charge is -2.45. The molecule has 2 heteroatoms. The monoisotopic (exact) mass is 826 g/mol. The van der Waals surface area contributed by atoms with Crippen molar-refractivity contribution in [2.45, 2.75) is 5.41 Å². The zero-order valence-corrected chi connectivity index (χ0v) is 35.6. The fraction of sp³-hybridized carbons (Fsp3) is 0.0159. The summed E-state index contributed by atoms with van der Waals surface area (Å²) >= 11 is 0. The van der Waals surface area contributed by atoms with Gasteiger partial charge in [-0.25, -0.2) is 0 Å². The van der Waals surface area contributed by atoms with Crippen molar-refractivity contribution in [2.24, 2.45) is 0 Å². The third kappa shape index (κ3) is 5.54. The summed E-state index contributed by atoms with van der Waals surface area (Å²) in [7, 11) is 0. The lowest BCUT2D eigenvalue weighted by molar-refractivity contribution is 0.752. The van der Waals surface area contributed by atoms with Gasteiger partial charge in [-0.15, -0.1) is 0 Å². The van der Waals surface area contributed by atoms with Crippen LogP contribution in [0.15, 0.2) is 255 Å². The second-order valence-corrected chi connectivity index (χ2v) is 17.2. The molecule has 0 atom stereocenters. The highest BCUT2D eigenvalue weighted by Crippen LogP contribution is 2.65. The summed E-state index contributed by atoms with van der Waals surface area (Å²) in [5, 5.41) is 4.95. The Morgan fingerprint density at radius 2 is 0.862 bits per heavy atom. The maximum Gasteiger partial charge on any atom is 0.0755 e. The fourth-order valence-electron chi connectivity index (χ4n) is 11.2. The summed E-state index contributed by atoms with van der Waals surface area (Å²) in [6.45, 7) is 0. The number of hydrogen-bond donors (Lipinski definition) is 0. The SMILES string of the molecule is c1ccc(-c2ccccc2-c2ccccc2N(c2ccc3c(ccc4ccccc43)c2)c2cccc3c2-c2ccccc2C32c3ccccc3N(c3ccccc3)c3ccccc32)cc1. The highest BCUT2D eigenvalue weighted by atomic mass is 15.2. The molecule has 11 aromatic rings. The van der Waals surface area contributed by atoms with E-state index in [0.717, 1.165) is 28.3 Å². The maximum absolute atomic E-state index is 2.54. The maximum atomic E-state index is 2.54. The van der Waals surface area contributed by atoms with Gasteiger partial charge in [-0.2, -0.15) is 0 Å². The van der Waals surface area contributed by atoms with E-state index in [0.29, 0.717) is 0 Å². The van der Waals surface area contributed by atoms with Crippen LogP contribution in [0.3, 0.4) is 0 Å². The largest absolute Gasteiger partial charge is 0.310 e. The van der Waals surface area contributed by atoms with Gasteiger partial charge in [-0.05, 0) is 115 Å². The van der Waals surface area contributed by atoms with Crippen LogP contribution in [-0.4, -0.2) is 0 Å². The smallest absolute Gasteiger partial charge is 0.0755 e. The van der Waals surface area contributed by atoms with E-state index in [1.165, 1.54) is 83.0 Å². The molecule has 13 rings (SSSR count). The highest BCUT2D eigenvalue weighted by molar-refractivity contribution is 6.10. The Morgan fingerprint density at radius 3 is 1.63 bits per heavy atom. The van der Waals surface area contributed by atoms with Crippen LogP contribution in [-0.2, 0) is 5.41 Å². The first-order chi connectivity index (χ1) is 32.3. The summed E-state index contributed by atoms with van der Waals surface area (Å²) in [6, 6.07) is 94.0. The average molecular weight is 827 g/mol. The quantitative estimate of drug-likeness (QED) is 0.154. The van der Waals surface area contributed by atoms with E-state index in [4.69, 9.17) is 0 Å². The van der Waals surface area contributed by atoms with E-state index in [1.54, 1.807) is 0 Å². The van der Waals surface area contributed by atoms with E-state index in [1.807, 2.05) is 0 Å². The van der Waals surface area contributed by atoms with E-state index in [-0.39, 0.29) is 0 Å². The number of nitrogens with zero attached hydrogens (tertiary/aromatic N) is 2. The van der Waals surface area contributed by atoms with Gasteiger partial charge in [-0.3, -0.25) is 0 Å². The number of para-hydroxylation sites is 4. The molecule has 0 bridgehead atoms. The van der Waals surface area contributed by atoms with Crippen LogP contribution in [0.4, 0.5) is 34.1 Å². The third-order valence-electron chi connectivity index (χ3n) is 13.8. The van der Waals surface area contributed by atoms with Crippen LogP contribution in [0.1, 0.15) is 22.3 Å². The molecule has 0 saturated heterocycles. The molecule has 2 nitrogen and oxygen atoms in total. The Kier molecular flexibility index (Phi) is 8.47. The van der Waals surface area contributed by atoms with Crippen LogP contribution in [0.5, 0.6) is 0 Å². The minimum absolute atomic E-state index is 0.589. The van der Waals surface area contributed by atoms with E-state index < -0.39 is 5.41 Å². The molecule has 0 fully saturated rings. The molecule has 1 aliphatic heterocycles. The van der Waals surface area contributed by atoms with E-state index in [2.05, 4.69) is 265 Å². The molecule has 1 spiro atoms. The van der Waals surface area contributed by atoms with Gasteiger partial charge in [0.1, 0.15) is 0 Å². The first kappa shape index (κ1) is 37.1. The van der Waals surface area contributed by atoms with Gasteiger partial charge in [0, 0.05) is 22.5 Å². The molecule has 0 aromatic heterocycles. The minimum atomic E-state index is -0.589. The highest BCUT2D eigenvalue weighted by Gasteiger charge is 2.52. The summed E-state index contributed by atoms with van der Waals surface area (Å²) < 4.78 is 0. The summed E-state index contributed by atoms with van der Waals surface area (Å²) in [4.78, 5) is 4.99. The molecule has 0 saturated carbocycles. The summed E-state index contributed by atoms with van der Waals surface area (Å²) in [5.41, 5.74) is 18.6. The third-order valence-corrected chi connectivity index (χ3v) is 13.8. The van der Waals surface area contributed by atoms with Crippen molar-refractivity contribution in [2.75, 3.05) is 9.80 Å². The molecule has 2 aliphatic rings. The number of benzene rings is 11. The van der Waals surface area contributed by atoms with Gasteiger partial charge in [0.2, 0.25) is 0 Å². The number of hydrogen-bond acceptors (Lipinski definition) is 2. The number of anilines is 6.